The van der Waals surface area contributed by atoms with Crippen molar-refractivity contribution in [3.05, 3.63) is 18.2 Å². The maximum Gasteiger partial charge on any atom is 0.305 e. The van der Waals surface area contributed by atoms with Crippen LogP contribution < -0.4 is 17.0 Å². The van der Waals surface area contributed by atoms with Crippen LogP contribution in [0.5, 0.6) is 0 Å². The molecule has 1 N–H and O–H groups in total. The normalized spacial score (nSPS) is 14.4. The Labute approximate surface area is 114 Å². The van der Waals surface area contributed by atoms with Gasteiger partial charge in [0.05, 0.1) is 13.2 Å². The second-order valence-corrected chi connectivity index (χ2v) is 4.37. The Hall–Kier alpha value is -1.07. The van der Waals surface area contributed by atoms with E-state index in [1.54, 1.807) is 0 Å². The molecule has 0 aliphatic heterocycles. The van der Waals surface area contributed by atoms with Crippen molar-refractivity contribution in [3.63, 3.8) is 0 Å². The quantitative estimate of drug-likeness (QED) is 0.298. The summed E-state index contributed by atoms with van der Waals surface area (Å²) in [4.78, 5) is 0. The first-order valence-electron chi connectivity index (χ1n) is 5.94. The van der Waals surface area contributed by atoms with Gasteiger partial charge >= 0.3 is 5.82 Å². The summed E-state index contributed by atoms with van der Waals surface area (Å²) in [5, 5.41) is 11.6. The van der Waals surface area contributed by atoms with Gasteiger partial charge in [-0.25, -0.2) is 9.13 Å². The summed E-state index contributed by atoms with van der Waals surface area (Å²) < 4.78 is 9.56. The first-order chi connectivity index (χ1) is 8.10. The first kappa shape index (κ1) is 16.9. The van der Waals surface area contributed by atoms with E-state index < -0.39 is 0 Å². The highest BCUT2D eigenvalue weighted by molar-refractivity contribution is 5.72. The second kappa shape index (κ2) is 8.11. The molecule has 0 bridgehead atoms. The maximum absolute atomic E-state index is 8.59. The van der Waals surface area contributed by atoms with Gasteiger partial charge in [0, 0.05) is 0 Å². The Bertz CT molecular complexity index is 379. The van der Waals surface area contributed by atoms with Crippen LogP contribution in [0.4, 0.5) is 0 Å². The van der Waals surface area contributed by atoms with E-state index in [-0.39, 0.29) is 18.5 Å². The van der Waals surface area contributed by atoms with Crippen molar-refractivity contribution in [2.24, 2.45) is 18.1 Å². The largest absolute Gasteiger partial charge is 1.00 e. The summed E-state index contributed by atoms with van der Waals surface area (Å²) in [7, 11) is 1.89. The molecule has 6 heteroatoms. The molecule has 0 radical (unpaired) electrons. The van der Waals surface area contributed by atoms with E-state index in [0.717, 1.165) is 12.2 Å². The molecule has 2 unspecified atom stereocenters. The molecule has 0 aliphatic rings. The number of imidazole rings is 1. The van der Waals surface area contributed by atoms with Gasteiger partial charge in [-0.1, -0.05) is 25.4 Å². The van der Waals surface area contributed by atoms with E-state index in [4.69, 9.17) is 9.94 Å². The van der Waals surface area contributed by atoms with E-state index in [0.29, 0.717) is 12.6 Å². The number of halogens is 1. The summed E-state index contributed by atoms with van der Waals surface area (Å²) in [6, 6.07) is 0. The topological polar surface area (TPSA) is 50.6 Å². The first-order valence-corrected chi connectivity index (χ1v) is 5.94. The van der Waals surface area contributed by atoms with Crippen LogP contribution in [-0.4, -0.2) is 22.1 Å². The maximum atomic E-state index is 8.59. The summed E-state index contributed by atoms with van der Waals surface area (Å²) in [5.74, 6) is 1.33. The van der Waals surface area contributed by atoms with E-state index in [1.807, 2.05) is 28.6 Å². The van der Waals surface area contributed by atoms with Crippen molar-refractivity contribution in [1.29, 1.82) is 0 Å². The molecule has 0 aliphatic carbocycles. The molecule has 1 aromatic rings. The zero-order valence-electron chi connectivity index (χ0n) is 11.4. The summed E-state index contributed by atoms with van der Waals surface area (Å²) >= 11 is 0. The third-order valence-electron chi connectivity index (χ3n) is 3.22. The number of hydrogen-bond acceptors (Lipinski definition) is 3. The monoisotopic (exact) mass is 275 g/mol. The molecule has 1 aromatic heterocycles. The van der Waals surface area contributed by atoms with Crippen LogP contribution in [0.1, 0.15) is 33.0 Å². The van der Waals surface area contributed by atoms with Gasteiger partial charge in [0.1, 0.15) is 12.4 Å². The van der Waals surface area contributed by atoms with Gasteiger partial charge in [0.2, 0.25) is 0 Å². The van der Waals surface area contributed by atoms with E-state index in [9.17, 15) is 0 Å². The molecule has 104 valence electrons. The number of hydrogen-bond donors (Lipinski definition) is 1. The van der Waals surface area contributed by atoms with E-state index in [1.165, 1.54) is 6.21 Å². The van der Waals surface area contributed by atoms with Crippen LogP contribution in [0.3, 0.4) is 0 Å². The third kappa shape index (κ3) is 4.31. The lowest BCUT2D eigenvalue weighted by Crippen LogP contribution is -3.00. The molecule has 2 atom stereocenters. The third-order valence-corrected chi connectivity index (χ3v) is 3.22. The van der Waals surface area contributed by atoms with E-state index in [2.05, 4.69) is 25.9 Å². The zero-order chi connectivity index (χ0) is 12.8. The molecule has 0 aromatic carbocycles. The lowest BCUT2D eigenvalue weighted by atomic mass is 10.0. The molecule has 0 fully saturated rings. The number of aryl methyl sites for hydroxylation is 1. The van der Waals surface area contributed by atoms with Crippen LogP contribution in [0.15, 0.2) is 17.5 Å². The number of ether oxygens (including phenoxy) is 1. The highest BCUT2D eigenvalue weighted by Gasteiger charge is 2.16. The molecule has 0 spiro atoms. The van der Waals surface area contributed by atoms with Crippen molar-refractivity contribution < 1.29 is 26.9 Å². The van der Waals surface area contributed by atoms with Crippen molar-refractivity contribution in [2.45, 2.75) is 40.0 Å². The van der Waals surface area contributed by atoms with Gasteiger partial charge in [0.25, 0.3) is 0 Å². The number of oxime groups is 1. The van der Waals surface area contributed by atoms with Crippen molar-refractivity contribution in [1.82, 2.24) is 4.57 Å². The van der Waals surface area contributed by atoms with Gasteiger partial charge in [-0.05, 0) is 12.8 Å². The van der Waals surface area contributed by atoms with Crippen LogP contribution in [-0.2, 0) is 18.5 Å². The van der Waals surface area contributed by atoms with Crippen LogP contribution in [0.25, 0.3) is 0 Å². The molecular formula is C12H22ClN3O2. The predicted molar refractivity (Wildman–Crippen MR) is 65.0 cm³/mol. The fourth-order valence-electron chi connectivity index (χ4n) is 1.56. The lowest BCUT2D eigenvalue weighted by molar-refractivity contribution is -0.672. The minimum Gasteiger partial charge on any atom is -1.00 e. The number of aromatic nitrogens is 2. The Kier molecular flexibility index (Phi) is 7.62. The van der Waals surface area contributed by atoms with Gasteiger partial charge < -0.3 is 22.4 Å². The minimum atomic E-state index is 0. The van der Waals surface area contributed by atoms with Crippen LogP contribution in [0.2, 0.25) is 0 Å². The average molecular weight is 276 g/mol. The highest BCUT2D eigenvalue weighted by atomic mass is 35.5. The summed E-state index contributed by atoms with van der Waals surface area (Å²) in [6.07, 6.45) is 6.52. The fraction of sp³-hybridized carbons (Fsp3) is 0.667. The fourth-order valence-corrected chi connectivity index (χ4v) is 1.56. The standard InChI is InChI=1S/C12H21N3O2.ClH/c1-5-10(2)11(3)17-9-15-7-6-14(4)12(15)8-13-16;/h6-8,10-11H,5,9H2,1-4H3;1H. The van der Waals surface area contributed by atoms with E-state index >= 15 is 0 Å². The lowest BCUT2D eigenvalue weighted by Gasteiger charge is -2.17. The number of rotatable bonds is 6. The minimum absolute atomic E-state index is 0. The molecular weight excluding hydrogens is 254 g/mol. The zero-order valence-corrected chi connectivity index (χ0v) is 12.1. The molecule has 18 heavy (non-hydrogen) atoms. The molecule has 0 saturated heterocycles. The van der Waals surface area contributed by atoms with Crippen LogP contribution in [0, 0.1) is 5.92 Å². The highest BCUT2D eigenvalue weighted by Crippen LogP contribution is 2.11. The Balaban J connectivity index is 0.00000289. The van der Waals surface area contributed by atoms with Gasteiger partial charge in [-0.15, -0.1) is 0 Å². The molecule has 5 nitrogen and oxygen atoms in total. The summed E-state index contributed by atoms with van der Waals surface area (Å²) in [5.41, 5.74) is 0. The molecule has 0 saturated carbocycles. The van der Waals surface area contributed by atoms with Crippen LogP contribution >= 0.6 is 0 Å². The van der Waals surface area contributed by atoms with Crippen molar-refractivity contribution in [3.8, 4) is 0 Å². The SMILES string of the molecule is CCC(C)C(C)OCn1cc[n+](C)c1/C=N\O.[Cl-]. The van der Waals surface area contributed by atoms with Gasteiger partial charge in [-0.2, -0.15) is 0 Å². The smallest absolute Gasteiger partial charge is 0.305 e. The predicted octanol–water partition coefficient (Wildman–Crippen LogP) is -1.47. The average Bonchev–Trinajstić information content (AvgIpc) is 2.67. The second-order valence-electron chi connectivity index (χ2n) is 4.37. The van der Waals surface area contributed by atoms with Gasteiger partial charge in [-0.3, -0.25) is 0 Å². The Morgan fingerprint density at radius 1 is 1.56 bits per heavy atom. The Morgan fingerprint density at radius 2 is 2.22 bits per heavy atom. The van der Waals surface area contributed by atoms with Gasteiger partial charge in [0.15, 0.2) is 12.9 Å². The molecule has 1 heterocycles. The van der Waals surface area contributed by atoms with Crippen molar-refractivity contribution >= 4 is 6.21 Å². The number of nitrogens with zero attached hydrogens (tertiary/aromatic N) is 3. The summed E-state index contributed by atoms with van der Waals surface area (Å²) in [6.45, 7) is 6.88. The molecule has 1 rings (SSSR count). The van der Waals surface area contributed by atoms with Crippen molar-refractivity contribution in [2.75, 3.05) is 0 Å². The Morgan fingerprint density at radius 3 is 2.78 bits per heavy atom. The molecule has 0 amide bonds.